The van der Waals surface area contributed by atoms with Crippen molar-refractivity contribution in [1.29, 1.82) is 0 Å². The summed E-state index contributed by atoms with van der Waals surface area (Å²) in [5.74, 6) is -0.610. The zero-order valence-corrected chi connectivity index (χ0v) is 11.7. The Hall–Kier alpha value is -2.01. The van der Waals surface area contributed by atoms with E-state index in [1.165, 1.54) is 0 Å². The summed E-state index contributed by atoms with van der Waals surface area (Å²) in [7, 11) is 0. The number of hydrogen-bond acceptors (Lipinski definition) is 4. The number of ether oxygens (including phenoxy) is 1. The number of anilines is 1. The Kier molecular flexibility index (Phi) is 4.63. The summed E-state index contributed by atoms with van der Waals surface area (Å²) in [6, 6.07) is 6.39. The van der Waals surface area contributed by atoms with Crippen LogP contribution in [-0.2, 0) is 14.3 Å². The smallest absolute Gasteiger partial charge is 0.328 e. The largest absolute Gasteiger partial charge is 0.464 e. The Labute approximate surface area is 121 Å². The highest BCUT2D eigenvalue weighted by molar-refractivity contribution is 6.30. The number of nitrogens with one attached hydrogen (secondary N) is 2. The predicted molar refractivity (Wildman–Crippen MR) is 76.3 cm³/mol. The van der Waals surface area contributed by atoms with Crippen molar-refractivity contribution in [1.82, 2.24) is 5.32 Å². The van der Waals surface area contributed by atoms with Crippen LogP contribution in [-0.4, -0.2) is 24.5 Å². The molecule has 1 aromatic carbocycles. The Morgan fingerprint density at radius 2 is 2.30 bits per heavy atom. The number of carbonyl (C=O) groups excluding carboxylic acids is 2. The van der Waals surface area contributed by atoms with Crippen molar-refractivity contribution in [2.75, 3.05) is 11.9 Å². The fraction of sp³-hybridized carbons (Fsp3) is 0.286. The van der Waals surface area contributed by atoms with Crippen LogP contribution in [0.1, 0.15) is 13.3 Å². The molecule has 2 rings (SSSR count). The number of benzene rings is 1. The summed E-state index contributed by atoms with van der Waals surface area (Å²) < 4.78 is 4.90. The molecule has 1 aliphatic heterocycles. The van der Waals surface area contributed by atoms with Crippen LogP contribution in [0.5, 0.6) is 0 Å². The van der Waals surface area contributed by atoms with Crippen LogP contribution in [0.4, 0.5) is 5.69 Å². The maximum atomic E-state index is 12.0. The molecule has 1 aromatic rings. The van der Waals surface area contributed by atoms with Crippen LogP contribution < -0.4 is 10.6 Å². The molecule has 6 heteroatoms. The SMILES string of the molecule is CCOC(=O)C1CC(C(=O)Nc2cccc(Cl)c2)=CN1. The highest BCUT2D eigenvalue weighted by Gasteiger charge is 2.27. The number of esters is 1. The van der Waals surface area contributed by atoms with Crippen molar-refractivity contribution in [2.45, 2.75) is 19.4 Å². The van der Waals surface area contributed by atoms with E-state index in [0.29, 0.717) is 29.3 Å². The van der Waals surface area contributed by atoms with Crippen LogP contribution in [0.15, 0.2) is 36.0 Å². The van der Waals surface area contributed by atoms with E-state index in [0.717, 1.165) is 0 Å². The fourth-order valence-corrected chi connectivity index (χ4v) is 2.06. The van der Waals surface area contributed by atoms with Crippen LogP contribution in [0.25, 0.3) is 0 Å². The van der Waals surface area contributed by atoms with E-state index in [-0.39, 0.29) is 11.9 Å². The molecular weight excluding hydrogens is 280 g/mol. The summed E-state index contributed by atoms with van der Waals surface area (Å²) >= 11 is 5.85. The van der Waals surface area contributed by atoms with Crippen LogP contribution in [0, 0.1) is 0 Å². The van der Waals surface area contributed by atoms with E-state index in [9.17, 15) is 9.59 Å². The number of amides is 1. The molecule has 20 heavy (non-hydrogen) atoms. The third kappa shape index (κ3) is 3.51. The molecule has 106 valence electrons. The molecule has 1 aliphatic rings. The highest BCUT2D eigenvalue weighted by atomic mass is 35.5. The van der Waals surface area contributed by atoms with Gasteiger partial charge in [0.15, 0.2) is 0 Å². The van der Waals surface area contributed by atoms with Gasteiger partial charge in [-0.1, -0.05) is 17.7 Å². The molecule has 0 saturated carbocycles. The first-order chi connectivity index (χ1) is 9.60. The minimum atomic E-state index is -0.491. The molecule has 0 aromatic heterocycles. The van der Waals surface area contributed by atoms with Crippen LogP contribution in [0.2, 0.25) is 5.02 Å². The summed E-state index contributed by atoms with van der Waals surface area (Å²) in [6.45, 7) is 2.06. The lowest BCUT2D eigenvalue weighted by Gasteiger charge is -2.10. The van der Waals surface area contributed by atoms with Gasteiger partial charge < -0.3 is 15.4 Å². The molecule has 0 aliphatic carbocycles. The summed E-state index contributed by atoms with van der Waals surface area (Å²) in [6.07, 6.45) is 1.85. The Morgan fingerprint density at radius 1 is 1.50 bits per heavy atom. The van der Waals surface area contributed by atoms with Gasteiger partial charge >= 0.3 is 5.97 Å². The third-order valence-electron chi connectivity index (χ3n) is 2.83. The molecule has 1 unspecified atom stereocenters. The van der Waals surface area contributed by atoms with Gasteiger partial charge in [-0.25, -0.2) is 4.79 Å². The zero-order chi connectivity index (χ0) is 14.5. The minimum Gasteiger partial charge on any atom is -0.464 e. The molecule has 1 atom stereocenters. The second-order valence-corrected chi connectivity index (χ2v) is 4.75. The number of rotatable bonds is 4. The van der Waals surface area contributed by atoms with Crippen molar-refractivity contribution in [3.05, 3.63) is 41.1 Å². The third-order valence-corrected chi connectivity index (χ3v) is 3.06. The maximum absolute atomic E-state index is 12.0. The average molecular weight is 295 g/mol. The lowest BCUT2D eigenvalue weighted by atomic mass is 10.1. The normalized spacial score (nSPS) is 17.1. The van der Waals surface area contributed by atoms with Gasteiger partial charge in [-0.3, -0.25) is 4.79 Å². The molecule has 0 radical (unpaired) electrons. The molecule has 0 bridgehead atoms. The second kappa shape index (κ2) is 6.43. The van der Waals surface area contributed by atoms with Crippen LogP contribution >= 0.6 is 11.6 Å². The molecule has 5 nitrogen and oxygen atoms in total. The van der Waals surface area contributed by atoms with E-state index in [2.05, 4.69) is 10.6 Å². The molecular formula is C14H15ClN2O3. The first-order valence-electron chi connectivity index (χ1n) is 6.29. The number of hydrogen-bond donors (Lipinski definition) is 2. The molecule has 0 saturated heterocycles. The van der Waals surface area contributed by atoms with Gasteiger partial charge in [0, 0.05) is 28.9 Å². The molecule has 2 N–H and O–H groups in total. The number of halogens is 1. The topological polar surface area (TPSA) is 67.4 Å². The predicted octanol–water partition coefficient (Wildman–Crippen LogP) is 2.09. The Morgan fingerprint density at radius 3 is 3.00 bits per heavy atom. The highest BCUT2D eigenvalue weighted by Crippen LogP contribution is 2.18. The first kappa shape index (κ1) is 14.4. The summed E-state index contributed by atoms with van der Waals surface area (Å²) in [4.78, 5) is 23.6. The van der Waals surface area contributed by atoms with E-state index in [1.807, 2.05) is 0 Å². The summed E-state index contributed by atoms with van der Waals surface area (Å²) in [5.41, 5.74) is 1.12. The van der Waals surface area contributed by atoms with Gasteiger partial charge in [0.05, 0.1) is 6.61 Å². The lowest BCUT2D eigenvalue weighted by molar-refractivity contribution is -0.145. The van der Waals surface area contributed by atoms with Gasteiger partial charge in [-0.2, -0.15) is 0 Å². The Balaban J connectivity index is 1.93. The van der Waals surface area contributed by atoms with Gasteiger partial charge in [0.2, 0.25) is 0 Å². The monoisotopic (exact) mass is 294 g/mol. The molecule has 0 spiro atoms. The van der Waals surface area contributed by atoms with E-state index < -0.39 is 6.04 Å². The van der Waals surface area contributed by atoms with Crippen molar-refractivity contribution >= 4 is 29.2 Å². The lowest BCUT2D eigenvalue weighted by Crippen LogP contribution is -2.31. The molecule has 1 heterocycles. The van der Waals surface area contributed by atoms with Crippen molar-refractivity contribution in [2.24, 2.45) is 0 Å². The fourth-order valence-electron chi connectivity index (χ4n) is 1.87. The average Bonchev–Trinajstić information content (AvgIpc) is 2.88. The maximum Gasteiger partial charge on any atom is 0.328 e. The van der Waals surface area contributed by atoms with Crippen LogP contribution in [0.3, 0.4) is 0 Å². The molecule has 0 fully saturated rings. The summed E-state index contributed by atoms with van der Waals surface area (Å²) in [5, 5.41) is 6.13. The van der Waals surface area contributed by atoms with Gasteiger partial charge in [0.1, 0.15) is 6.04 Å². The number of carbonyl (C=O) groups is 2. The first-order valence-corrected chi connectivity index (χ1v) is 6.66. The minimum absolute atomic E-state index is 0.258. The second-order valence-electron chi connectivity index (χ2n) is 4.31. The van der Waals surface area contributed by atoms with Crippen molar-refractivity contribution < 1.29 is 14.3 Å². The van der Waals surface area contributed by atoms with Gasteiger partial charge in [0.25, 0.3) is 5.91 Å². The van der Waals surface area contributed by atoms with Crippen molar-refractivity contribution in [3.63, 3.8) is 0 Å². The van der Waals surface area contributed by atoms with E-state index >= 15 is 0 Å². The van der Waals surface area contributed by atoms with E-state index in [1.54, 1.807) is 37.4 Å². The Bertz CT molecular complexity index is 557. The van der Waals surface area contributed by atoms with Crippen molar-refractivity contribution in [3.8, 4) is 0 Å². The zero-order valence-electron chi connectivity index (χ0n) is 11.0. The van der Waals surface area contributed by atoms with Gasteiger partial charge in [-0.05, 0) is 25.1 Å². The van der Waals surface area contributed by atoms with E-state index in [4.69, 9.17) is 16.3 Å². The van der Waals surface area contributed by atoms with Gasteiger partial charge in [-0.15, -0.1) is 0 Å². The quantitative estimate of drug-likeness (QED) is 0.835. The molecule has 1 amide bonds. The standard InChI is InChI=1S/C14H15ClN2O3/c1-2-20-14(19)12-6-9(8-16-12)13(18)17-11-5-3-4-10(15)7-11/h3-5,7-8,12,16H,2,6H2,1H3,(H,17,18).